The van der Waals surface area contributed by atoms with Gasteiger partial charge in [-0.15, -0.1) is 0 Å². The maximum Gasteiger partial charge on any atom is 0.238 e. The van der Waals surface area contributed by atoms with Gasteiger partial charge in [-0.05, 0) is 44.0 Å². The average Bonchev–Trinajstić information content (AvgIpc) is 2.36. The Morgan fingerprint density at radius 1 is 1.39 bits per heavy atom. The van der Waals surface area contributed by atoms with Gasteiger partial charge < -0.3 is 15.7 Å². The first-order chi connectivity index (χ1) is 8.61. The van der Waals surface area contributed by atoms with Gasteiger partial charge in [-0.1, -0.05) is 11.6 Å². The molecule has 0 saturated carbocycles. The van der Waals surface area contributed by atoms with Crippen molar-refractivity contribution in [2.24, 2.45) is 0 Å². The van der Waals surface area contributed by atoms with Crippen LogP contribution in [0.1, 0.15) is 19.8 Å². The Morgan fingerprint density at radius 2 is 2.06 bits per heavy atom. The van der Waals surface area contributed by atoms with E-state index in [2.05, 4.69) is 10.6 Å². The molecular weight excluding hydrogens is 252 g/mol. The van der Waals surface area contributed by atoms with Crippen molar-refractivity contribution in [1.82, 2.24) is 5.32 Å². The van der Waals surface area contributed by atoms with Crippen molar-refractivity contribution in [2.45, 2.75) is 25.8 Å². The number of hydrogen-bond acceptors (Lipinski definition) is 3. The molecule has 1 aromatic rings. The number of nitrogens with one attached hydrogen (secondary N) is 2. The standard InChI is InChI=1S/C13H19ClN2O2/c1-10(3-2-8-17)15-9-13(18)16-12-6-4-11(14)5-7-12/h4-7,10,15,17H,2-3,8-9H2,1H3,(H,16,18). The number of carbonyl (C=O) groups is 1. The summed E-state index contributed by atoms with van der Waals surface area (Å²) in [4.78, 5) is 11.6. The molecule has 3 N–H and O–H groups in total. The molecule has 0 spiro atoms. The number of hydrogen-bond donors (Lipinski definition) is 3. The summed E-state index contributed by atoms with van der Waals surface area (Å²) in [6, 6.07) is 7.20. The lowest BCUT2D eigenvalue weighted by Gasteiger charge is -2.13. The number of benzene rings is 1. The van der Waals surface area contributed by atoms with E-state index in [1.807, 2.05) is 6.92 Å². The Morgan fingerprint density at radius 3 is 2.67 bits per heavy atom. The number of amides is 1. The van der Waals surface area contributed by atoms with Gasteiger partial charge in [0.25, 0.3) is 0 Å². The van der Waals surface area contributed by atoms with Crippen molar-refractivity contribution in [3.63, 3.8) is 0 Å². The molecule has 0 fully saturated rings. The predicted octanol–water partition coefficient (Wildman–Crippen LogP) is 2.03. The number of aliphatic hydroxyl groups excluding tert-OH is 1. The number of rotatable bonds is 7. The first kappa shape index (κ1) is 15.0. The molecule has 1 aromatic carbocycles. The highest BCUT2D eigenvalue weighted by Crippen LogP contribution is 2.12. The minimum Gasteiger partial charge on any atom is -0.396 e. The van der Waals surface area contributed by atoms with Crippen LogP contribution < -0.4 is 10.6 Å². The lowest BCUT2D eigenvalue weighted by Crippen LogP contribution is -2.34. The molecule has 0 aliphatic heterocycles. The van der Waals surface area contributed by atoms with Crippen molar-refractivity contribution >= 4 is 23.2 Å². The number of halogens is 1. The van der Waals surface area contributed by atoms with Crippen molar-refractivity contribution in [2.75, 3.05) is 18.5 Å². The maximum atomic E-state index is 11.6. The lowest BCUT2D eigenvalue weighted by molar-refractivity contribution is -0.115. The van der Waals surface area contributed by atoms with Gasteiger partial charge in [0.15, 0.2) is 0 Å². The Kier molecular flexibility index (Phi) is 6.72. The van der Waals surface area contributed by atoms with Crippen LogP contribution in [0.15, 0.2) is 24.3 Å². The summed E-state index contributed by atoms with van der Waals surface area (Å²) in [5.41, 5.74) is 0.731. The van der Waals surface area contributed by atoms with E-state index in [0.29, 0.717) is 5.02 Å². The van der Waals surface area contributed by atoms with E-state index in [1.165, 1.54) is 0 Å². The van der Waals surface area contributed by atoms with Gasteiger partial charge in [0.2, 0.25) is 5.91 Å². The lowest BCUT2D eigenvalue weighted by atomic mass is 10.2. The monoisotopic (exact) mass is 270 g/mol. The highest BCUT2D eigenvalue weighted by atomic mass is 35.5. The first-order valence-electron chi connectivity index (χ1n) is 6.01. The third kappa shape index (κ3) is 6.00. The number of aliphatic hydroxyl groups is 1. The van der Waals surface area contributed by atoms with Gasteiger partial charge in [-0.3, -0.25) is 4.79 Å². The molecule has 1 atom stereocenters. The van der Waals surface area contributed by atoms with E-state index in [-0.39, 0.29) is 25.1 Å². The second kappa shape index (κ2) is 8.08. The van der Waals surface area contributed by atoms with Crippen LogP contribution in [0.2, 0.25) is 5.02 Å². The molecule has 18 heavy (non-hydrogen) atoms. The van der Waals surface area contributed by atoms with Gasteiger partial charge in [-0.25, -0.2) is 0 Å². The molecule has 0 heterocycles. The zero-order chi connectivity index (χ0) is 13.4. The topological polar surface area (TPSA) is 61.4 Å². The third-order valence-electron chi connectivity index (χ3n) is 2.53. The van der Waals surface area contributed by atoms with E-state index in [0.717, 1.165) is 18.5 Å². The highest BCUT2D eigenvalue weighted by Gasteiger charge is 2.05. The second-order valence-corrected chi connectivity index (χ2v) is 4.64. The zero-order valence-electron chi connectivity index (χ0n) is 10.4. The van der Waals surface area contributed by atoms with Gasteiger partial charge in [0.1, 0.15) is 0 Å². The van der Waals surface area contributed by atoms with E-state index in [1.54, 1.807) is 24.3 Å². The summed E-state index contributed by atoms with van der Waals surface area (Å²) in [6.07, 6.45) is 1.59. The van der Waals surface area contributed by atoms with Crippen molar-refractivity contribution < 1.29 is 9.90 Å². The predicted molar refractivity (Wildman–Crippen MR) is 73.9 cm³/mol. The summed E-state index contributed by atoms with van der Waals surface area (Å²) in [7, 11) is 0. The van der Waals surface area contributed by atoms with E-state index in [9.17, 15) is 4.79 Å². The highest BCUT2D eigenvalue weighted by molar-refractivity contribution is 6.30. The van der Waals surface area contributed by atoms with Crippen LogP contribution in [0, 0.1) is 0 Å². The van der Waals surface area contributed by atoms with E-state index in [4.69, 9.17) is 16.7 Å². The maximum absolute atomic E-state index is 11.6. The fourth-order valence-electron chi connectivity index (χ4n) is 1.50. The van der Waals surface area contributed by atoms with Crippen molar-refractivity contribution in [3.05, 3.63) is 29.3 Å². The van der Waals surface area contributed by atoms with Crippen LogP contribution in [0.25, 0.3) is 0 Å². The van der Waals surface area contributed by atoms with Crippen LogP contribution in [-0.4, -0.2) is 30.2 Å². The van der Waals surface area contributed by atoms with Crippen LogP contribution in [0.5, 0.6) is 0 Å². The summed E-state index contributed by atoms with van der Waals surface area (Å²) in [5.74, 6) is -0.0897. The molecule has 0 aliphatic carbocycles. The molecule has 1 rings (SSSR count). The molecule has 0 aromatic heterocycles. The Labute approximate surface area is 112 Å². The SMILES string of the molecule is CC(CCCO)NCC(=O)Nc1ccc(Cl)cc1. The number of carbonyl (C=O) groups excluding carboxylic acids is 1. The summed E-state index contributed by atoms with van der Waals surface area (Å²) in [5, 5.41) is 15.2. The average molecular weight is 271 g/mol. The molecule has 0 saturated heterocycles. The van der Waals surface area contributed by atoms with Crippen molar-refractivity contribution in [1.29, 1.82) is 0 Å². The fourth-order valence-corrected chi connectivity index (χ4v) is 1.63. The Balaban J connectivity index is 2.27. The molecule has 1 unspecified atom stereocenters. The summed E-state index contributed by atoms with van der Waals surface area (Å²) < 4.78 is 0. The summed E-state index contributed by atoms with van der Waals surface area (Å²) >= 11 is 5.75. The second-order valence-electron chi connectivity index (χ2n) is 4.20. The normalized spacial score (nSPS) is 12.2. The largest absolute Gasteiger partial charge is 0.396 e. The minimum atomic E-state index is -0.0897. The Hall–Kier alpha value is -1.10. The summed E-state index contributed by atoms with van der Waals surface area (Å²) in [6.45, 7) is 2.43. The zero-order valence-corrected chi connectivity index (χ0v) is 11.2. The molecule has 1 amide bonds. The molecule has 0 bridgehead atoms. The van der Waals surface area contributed by atoms with Gasteiger partial charge in [-0.2, -0.15) is 0 Å². The molecular formula is C13H19ClN2O2. The smallest absolute Gasteiger partial charge is 0.238 e. The third-order valence-corrected chi connectivity index (χ3v) is 2.79. The van der Waals surface area contributed by atoms with Gasteiger partial charge in [0, 0.05) is 23.4 Å². The van der Waals surface area contributed by atoms with Crippen LogP contribution in [0.4, 0.5) is 5.69 Å². The molecule has 4 nitrogen and oxygen atoms in total. The fraction of sp³-hybridized carbons (Fsp3) is 0.462. The minimum absolute atomic E-state index is 0.0897. The molecule has 0 radical (unpaired) electrons. The van der Waals surface area contributed by atoms with Crippen LogP contribution in [-0.2, 0) is 4.79 Å². The van der Waals surface area contributed by atoms with E-state index >= 15 is 0 Å². The van der Waals surface area contributed by atoms with E-state index < -0.39 is 0 Å². The van der Waals surface area contributed by atoms with Crippen molar-refractivity contribution in [3.8, 4) is 0 Å². The quantitative estimate of drug-likeness (QED) is 0.710. The van der Waals surface area contributed by atoms with Gasteiger partial charge in [0.05, 0.1) is 6.54 Å². The van der Waals surface area contributed by atoms with Crippen LogP contribution >= 0.6 is 11.6 Å². The van der Waals surface area contributed by atoms with Gasteiger partial charge >= 0.3 is 0 Å². The molecule has 100 valence electrons. The van der Waals surface area contributed by atoms with Crippen LogP contribution in [0.3, 0.4) is 0 Å². The Bertz CT molecular complexity index is 368. The first-order valence-corrected chi connectivity index (χ1v) is 6.39. The molecule has 0 aliphatic rings. The molecule has 5 heteroatoms. The number of anilines is 1.